The van der Waals surface area contributed by atoms with Crippen molar-refractivity contribution in [2.75, 3.05) is 12.4 Å². The molecule has 1 saturated carbocycles. The molecule has 1 aliphatic carbocycles. The summed E-state index contributed by atoms with van der Waals surface area (Å²) in [5.74, 6) is -0.557. The van der Waals surface area contributed by atoms with Crippen molar-refractivity contribution >= 4 is 11.8 Å². The Kier molecular flexibility index (Phi) is 5.12. The first-order valence-corrected chi connectivity index (χ1v) is 7.51. The molecule has 2 N–H and O–H groups in total. The SMILES string of the molecule is CCc1nnc(NC2CCC(OC)C2)c(C(=O)O)c1CC. The lowest BCUT2D eigenvalue weighted by molar-refractivity contribution is 0.0696. The van der Waals surface area contributed by atoms with E-state index < -0.39 is 5.97 Å². The molecular formula is C15H23N3O3. The summed E-state index contributed by atoms with van der Waals surface area (Å²) in [5.41, 5.74) is 1.82. The van der Waals surface area contributed by atoms with Crippen molar-refractivity contribution in [2.24, 2.45) is 0 Å². The first kappa shape index (κ1) is 15.7. The van der Waals surface area contributed by atoms with Gasteiger partial charge >= 0.3 is 5.97 Å². The number of carboxylic acids is 1. The Labute approximate surface area is 124 Å². The Bertz CT molecular complexity index is 519. The molecule has 6 nitrogen and oxygen atoms in total. The Morgan fingerprint density at radius 2 is 2.10 bits per heavy atom. The number of hydrogen-bond donors (Lipinski definition) is 2. The van der Waals surface area contributed by atoms with Gasteiger partial charge in [0.05, 0.1) is 11.8 Å². The maximum absolute atomic E-state index is 11.6. The number of aromatic carboxylic acids is 1. The predicted octanol–water partition coefficient (Wildman–Crippen LogP) is 2.28. The van der Waals surface area contributed by atoms with Crippen molar-refractivity contribution in [1.82, 2.24) is 10.2 Å². The fourth-order valence-corrected chi connectivity index (χ4v) is 2.98. The number of rotatable bonds is 6. The third kappa shape index (κ3) is 3.32. The van der Waals surface area contributed by atoms with Gasteiger partial charge in [-0.05, 0) is 37.7 Å². The van der Waals surface area contributed by atoms with Crippen LogP contribution < -0.4 is 5.32 Å². The van der Waals surface area contributed by atoms with Crippen LogP contribution in [0.4, 0.5) is 5.82 Å². The molecule has 1 aromatic heterocycles. The highest BCUT2D eigenvalue weighted by Gasteiger charge is 2.27. The molecule has 21 heavy (non-hydrogen) atoms. The Balaban J connectivity index is 2.29. The second-order valence-corrected chi connectivity index (χ2v) is 5.37. The van der Waals surface area contributed by atoms with E-state index in [4.69, 9.17) is 4.74 Å². The molecule has 0 bridgehead atoms. The van der Waals surface area contributed by atoms with Gasteiger partial charge in [-0.1, -0.05) is 13.8 Å². The van der Waals surface area contributed by atoms with Crippen LogP contribution in [0, 0.1) is 0 Å². The fraction of sp³-hybridized carbons (Fsp3) is 0.667. The van der Waals surface area contributed by atoms with Gasteiger partial charge in [-0.3, -0.25) is 0 Å². The van der Waals surface area contributed by atoms with E-state index in [1.807, 2.05) is 13.8 Å². The molecular weight excluding hydrogens is 270 g/mol. The van der Waals surface area contributed by atoms with E-state index in [-0.39, 0.29) is 17.7 Å². The molecule has 0 spiro atoms. The zero-order valence-electron chi connectivity index (χ0n) is 12.8. The van der Waals surface area contributed by atoms with Gasteiger partial charge in [-0.2, -0.15) is 5.10 Å². The third-order valence-corrected chi connectivity index (χ3v) is 4.12. The van der Waals surface area contributed by atoms with Crippen LogP contribution in [0.1, 0.15) is 54.7 Å². The van der Waals surface area contributed by atoms with Crippen LogP contribution in [0.15, 0.2) is 0 Å². The summed E-state index contributed by atoms with van der Waals surface area (Å²) >= 11 is 0. The van der Waals surface area contributed by atoms with Gasteiger partial charge in [0, 0.05) is 13.2 Å². The topological polar surface area (TPSA) is 84.3 Å². The van der Waals surface area contributed by atoms with Gasteiger partial charge in [0.1, 0.15) is 5.56 Å². The molecule has 1 heterocycles. The molecule has 0 amide bonds. The van der Waals surface area contributed by atoms with Crippen molar-refractivity contribution in [2.45, 2.75) is 58.1 Å². The molecule has 1 aliphatic rings. The van der Waals surface area contributed by atoms with Crippen LogP contribution in [0.5, 0.6) is 0 Å². The Hall–Kier alpha value is -1.69. The number of carboxylic acid groups (broad SMARTS) is 1. The lowest BCUT2D eigenvalue weighted by Crippen LogP contribution is -2.22. The molecule has 0 aliphatic heterocycles. The number of aromatic nitrogens is 2. The van der Waals surface area contributed by atoms with Crippen LogP contribution in [-0.2, 0) is 17.6 Å². The predicted molar refractivity (Wildman–Crippen MR) is 79.8 cm³/mol. The summed E-state index contributed by atoms with van der Waals surface area (Å²) in [6.07, 6.45) is 4.37. The zero-order valence-corrected chi connectivity index (χ0v) is 12.8. The molecule has 116 valence electrons. The minimum atomic E-state index is -0.944. The van der Waals surface area contributed by atoms with Crippen LogP contribution in [0.25, 0.3) is 0 Å². The lowest BCUT2D eigenvalue weighted by Gasteiger charge is -2.17. The van der Waals surface area contributed by atoms with Crippen molar-refractivity contribution in [3.05, 3.63) is 16.8 Å². The minimum Gasteiger partial charge on any atom is -0.478 e. The van der Waals surface area contributed by atoms with E-state index in [1.165, 1.54) is 0 Å². The number of hydrogen-bond acceptors (Lipinski definition) is 5. The van der Waals surface area contributed by atoms with Crippen molar-refractivity contribution in [1.29, 1.82) is 0 Å². The van der Waals surface area contributed by atoms with Gasteiger partial charge in [0.25, 0.3) is 0 Å². The van der Waals surface area contributed by atoms with Crippen molar-refractivity contribution in [3.8, 4) is 0 Å². The van der Waals surface area contributed by atoms with E-state index >= 15 is 0 Å². The van der Waals surface area contributed by atoms with Gasteiger partial charge in [0.15, 0.2) is 5.82 Å². The number of carbonyl (C=O) groups is 1. The van der Waals surface area contributed by atoms with E-state index in [0.29, 0.717) is 18.7 Å². The van der Waals surface area contributed by atoms with Crippen LogP contribution in [0.2, 0.25) is 0 Å². The second kappa shape index (κ2) is 6.85. The third-order valence-electron chi connectivity index (χ3n) is 4.12. The van der Waals surface area contributed by atoms with Crippen LogP contribution >= 0.6 is 0 Å². The average molecular weight is 293 g/mol. The highest BCUT2D eigenvalue weighted by Crippen LogP contribution is 2.27. The molecule has 0 aromatic carbocycles. The smallest absolute Gasteiger partial charge is 0.339 e. The monoisotopic (exact) mass is 293 g/mol. The highest BCUT2D eigenvalue weighted by atomic mass is 16.5. The van der Waals surface area contributed by atoms with Gasteiger partial charge in [-0.25, -0.2) is 4.79 Å². The van der Waals surface area contributed by atoms with E-state index in [9.17, 15) is 9.90 Å². The van der Waals surface area contributed by atoms with E-state index in [0.717, 1.165) is 30.5 Å². The molecule has 0 radical (unpaired) electrons. The Morgan fingerprint density at radius 1 is 1.33 bits per heavy atom. The molecule has 2 unspecified atom stereocenters. The Morgan fingerprint density at radius 3 is 2.62 bits per heavy atom. The number of methoxy groups -OCH3 is 1. The summed E-state index contributed by atoms with van der Waals surface area (Å²) in [5, 5.41) is 21.1. The maximum atomic E-state index is 11.6. The van der Waals surface area contributed by atoms with Gasteiger partial charge < -0.3 is 15.2 Å². The van der Waals surface area contributed by atoms with Crippen molar-refractivity contribution < 1.29 is 14.6 Å². The van der Waals surface area contributed by atoms with Gasteiger partial charge in [0.2, 0.25) is 0 Å². The van der Waals surface area contributed by atoms with E-state index in [1.54, 1.807) is 7.11 Å². The first-order valence-electron chi connectivity index (χ1n) is 7.51. The summed E-state index contributed by atoms with van der Waals surface area (Å²) in [7, 11) is 1.71. The normalized spacial score (nSPS) is 21.5. The average Bonchev–Trinajstić information content (AvgIpc) is 2.93. The number of ether oxygens (including phenoxy) is 1. The maximum Gasteiger partial charge on any atom is 0.339 e. The van der Waals surface area contributed by atoms with Gasteiger partial charge in [-0.15, -0.1) is 5.10 Å². The molecule has 0 saturated heterocycles. The highest BCUT2D eigenvalue weighted by molar-refractivity contribution is 5.95. The second-order valence-electron chi connectivity index (χ2n) is 5.37. The van der Waals surface area contributed by atoms with E-state index in [2.05, 4.69) is 15.5 Å². The van der Waals surface area contributed by atoms with Crippen LogP contribution in [-0.4, -0.2) is 40.5 Å². The molecule has 2 rings (SSSR count). The number of anilines is 1. The number of nitrogens with one attached hydrogen (secondary N) is 1. The minimum absolute atomic E-state index is 0.194. The zero-order chi connectivity index (χ0) is 15.4. The molecule has 6 heteroatoms. The number of nitrogens with zero attached hydrogens (tertiary/aromatic N) is 2. The largest absolute Gasteiger partial charge is 0.478 e. The molecule has 1 fully saturated rings. The standard InChI is InChI=1S/C15H23N3O3/c1-4-11-12(5-2)17-18-14(13(11)15(19)20)16-9-6-7-10(8-9)21-3/h9-10H,4-8H2,1-3H3,(H,16,18)(H,19,20). The first-order chi connectivity index (χ1) is 10.1. The summed E-state index contributed by atoms with van der Waals surface area (Å²) in [6, 6.07) is 0.194. The quantitative estimate of drug-likeness (QED) is 0.837. The number of aryl methyl sites for hydroxylation is 1. The molecule has 1 aromatic rings. The fourth-order valence-electron chi connectivity index (χ4n) is 2.98. The molecule has 2 atom stereocenters. The summed E-state index contributed by atoms with van der Waals surface area (Å²) < 4.78 is 5.35. The lowest BCUT2D eigenvalue weighted by atomic mass is 10.0. The summed E-state index contributed by atoms with van der Waals surface area (Å²) in [6.45, 7) is 3.91. The summed E-state index contributed by atoms with van der Waals surface area (Å²) in [4.78, 5) is 11.6. The van der Waals surface area contributed by atoms with Crippen LogP contribution in [0.3, 0.4) is 0 Å². The van der Waals surface area contributed by atoms with Crippen molar-refractivity contribution in [3.63, 3.8) is 0 Å².